The molecule has 0 unspecified atom stereocenters. The fraction of sp³-hybridized carbons (Fsp3) is 0.0476. The predicted molar refractivity (Wildman–Crippen MR) is 374 cm³/mol. The molecule has 4 aliphatic rings. The Balaban J connectivity index is 0.000000162. The largest absolute Gasteiger partial charge is 1.00 e. The summed E-state index contributed by atoms with van der Waals surface area (Å²) in [5, 5.41) is 16.9. The summed E-state index contributed by atoms with van der Waals surface area (Å²) in [6.07, 6.45) is 24.9. The minimum absolute atomic E-state index is 0. The summed E-state index contributed by atoms with van der Waals surface area (Å²) in [5.74, 6) is 0. The molecule has 90 heavy (non-hydrogen) atoms. The summed E-state index contributed by atoms with van der Waals surface area (Å²) in [6.45, 7) is 0. The average Bonchev–Trinajstić information content (AvgIpc) is 2.24. The average molecular weight is 1560 g/mol. The molecule has 0 spiro atoms. The van der Waals surface area contributed by atoms with Gasteiger partial charge in [0.05, 0.1) is 0 Å². The summed E-state index contributed by atoms with van der Waals surface area (Å²) < 4.78 is 6.99. The first-order valence-electron chi connectivity index (χ1n) is 30.9. The van der Waals surface area contributed by atoms with E-state index in [-0.39, 0.29) is 24.8 Å². The molecule has 12 aromatic carbocycles. The van der Waals surface area contributed by atoms with Crippen molar-refractivity contribution in [2.75, 3.05) is 0 Å². The zero-order valence-electron chi connectivity index (χ0n) is 49.9. The molecule has 0 radical (unpaired) electrons. The van der Waals surface area contributed by atoms with Gasteiger partial charge in [0.1, 0.15) is 0 Å². The molecule has 0 heterocycles. The van der Waals surface area contributed by atoms with E-state index in [1.807, 2.05) is 0 Å². The van der Waals surface area contributed by atoms with Crippen molar-refractivity contribution in [1.29, 1.82) is 0 Å². The first-order chi connectivity index (χ1) is 43.7. The van der Waals surface area contributed by atoms with E-state index >= 15 is 0 Å². The quantitative estimate of drug-likeness (QED) is 0.107. The van der Waals surface area contributed by atoms with Gasteiger partial charge in [0, 0.05) is 0 Å². The molecule has 16 rings (SSSR count). The molecular formula is C84H64Cl2Hf2Si2-2. The van der Waals surface area contributed by atoms with Crippen LogP contribution in [-0.2, 0) is 40.1 Å². The SMILES string of the molecule is C1=C(c2cccc3ccccc23)C=[C]([Hf]([C]2=CC(c3cccc4ccccc34)=CC2)=[Si](c2ccccc2)c2ccccc2)C1.C1=C(c2cccc3ccccc23)C=[C]([Hf]([C]2=CC(c3cccc4ccccc34)=CC2)=[Si](c2ccccc2)c2ccccc2)C1.[Cl-].[Cl-]. The van der Waals surface area contributed by atoms with Gasteiger partial charge in [-0.1, -0.05) is 0 Å². The van der Waals surface area contributed by atoms with Gasteiger partial charge in [-0.3, -0.25) is 0 Å². The third kappa shape index (κ3) is 12.6. The second-order valence-electron chi connectivity index (χ2n) is 23.2. The van der Waals surface area contributed by atoms with Crippen LogP contribution in [0.2, 0.25) is 0 Å². The second-order valence-corrected chi connectivity index (χ2v) is 60.6. The van der Waals surface area contributed by atoms with E-state index < -0.39 is 51.1 Å². The van der Waals surface area contributed by atoms with Crippen molar-refractivity contribution in [3.8, 4) is 0 Å². The van der Waals surface area contributed by atoms with Crippen LogP contribution in [0.3, 0.4) is 0 Å². The van der Waals surface area contributed by atoms with Crippen LogP contribution in [0, 0.1) is 0 Å². The topological polar surface area (TPSA) is 0 Å². The molecule has 0 aliphatic heterocycles. The molecule has 0 saturated heterocycles. The molecule has 0 aromatic heterocycles. The second kappa shape index (κ2) is 28.3. The number of hydrogen-bond acceptors (Lipinski definition) is 0. The Bertz CT molecular complexity index is 4390. The van der Waals surface area contributed by atoms with Gasteiger partial charge >= 0.3 is 538 Å². The van der Waals surface area contributed by atoms with Gasteiger partial charge in [0.15, 0.2) is 0 Å². The molecule has 0 amide bonds. The first kappa shape index (κ1) is 61.2. The van der Waals surface area contributed by atoms with Crippen LogP contribution in [-0.4, -0.2) is 11.0 Å². The van der Waals surface area contributed by atoms with Crippen LogP contribution < -0.4 is 45.6 Å². The zero-order valence-corrected chi connectivity index (χ0v) is 60.6. The van der Waals surface area contributed by atoms with Crippen molar-refractivity contribution in [2.45, 2.75) is 25.7 Å². The summed E-state index contributed by atoms with van der Waals surface area (Å²) in [4.78, 5) is 0. The molecule has 0 atom stereocenters. The third-order valence-corrected chi connectivity index (χ3v) is 70.5. The van der Waals surface area contributed by atoms with Crippen molar-refractivity contribution in [3.63, 3.8) is 0 Å². The van der Waals surface area contributed by atoms with Crippen LogP contribution in [0.4, 0.5) is 0 Å². The maximum absolute atomic E-state index is 2.69. The molecule has 0 saturated carbocycles. The van der Waals surface area contributed by atoms with Crippen LogP contribution >= 0.6 is 0 Å². The molecule has 6 heteroatoms. The summed E-state index contributed by atoms with van der Waals surface area (Å²) in [7, 11) is 0. The van der Waals surface area contributed by atoms with E-state index in [2.05, 4.69) is 340 Å². The Labute approximate surface area is 557 Å². The number of rotatable bonds is 12. The van der Waals surface area contributed by atoms with E-state index in [1.54, 1.807) is 34.1 Å². The number of fused-ring (bicyclic) bond motifs is 4. The van der Waals surface area contributed by atoms with E-state index in [0.29, 0.717) is 0 Å². The minimum atomic E-state index is -2.69. The third-order valence-electron chi connectivity index (χ3n) is 17.9. The molecule has 12 aromatic rings. The van der Waals surface area contributed by atoms with Crippen molar-refractivity contribution in [3.05, 3.63) is 375 Å². The minimum Gasteiger partial charge on any atom is -1.00 e. The van der Waals surface area contributed by atoms with Crippen molar-refractivity contribution < 1.29 is 64.9 Å². The number of halogens is 2. The van der Waals surface area contributed by atoms with Crippen molar-refractivity contribution >= 4 is 97.1 Å². The molecule has 4 aliphatic carbocycles. The zero-order chi connectivity index (χ0) is 58.6. The van der Waals surface area contributed by atoms with Gasteiger partial charge < -0.3 is 24.8 Å². The van der Waals surface area contributed by atoms with E-state index in [0.717, 1.165) is 25.7 Å². The number of hydrogen-bond donors (Lipinski definition) is 0. The Kier molecular flexibility index (Phi) is 19.2. The molecule has 0 nitrogen and oxygen atoms in total. The Morgan fingerprint density at radius 2 is 0.411 bits per heavy atom. The van der Waals surface area contributed by atoms with Crippen LogP contribution in [0.5, 0.6) is 0 Å². The number of allylic oxidation sites excluding steroid dienone is 16. The normalized spacial score (nSPS) is 14.0. The monoisotopic (exact) mass is 1560 g/mol. The maximum atomic E-state index is 2.62. The molecule has 0 fully saturated rings. The van der Waals surface area contributed by atoms with Gasteiger partial charge in [-0.05, 0) is 0 Å². The Morgan fingerprint density at radius 1 is 0.211 bits per heavy atom. The summed E-state index contributed by atoms with van der Waals surface area (Å²) in [5.41, 5.74) is 9.12. The fourth-order valence-electron chi connectivity index (χ4n) is 13.8. The molecule has 432 valence electrons. The van der Waals surface area contributed by atoms with Gasteiger partial charge in [-0.25, -0.2) is 0 Å². The first-order valence-corrected chi connectivity index (χ1v) is 51.9. The van der Waals surface area contributed by atoms with E-state index in [1.165, 1.54) is 87.6 Å². The maximum Gasteiger partial charge on any atom is -1.00 e. The standard InChI is InChI=1S/4C15H11.2C12H10Si.2ClH.2Hf/c4*1-2-7-12(6-1)15-11-5-9-13-8-3-4-10-14(13)15;2*1-3-7-11(8-4-1)13-12-9-5-2-6-10-12;;;;/h4*3-11H,1H2;2*1-10H;2*1H;;/p-2. The number of benzene rings is 12. The van der Waals surface area contributed by atoms with Crippen molar-refractivity contribution in [2.24, 2.45) is 0 Å². The van der Waals surface area contributed by atoms with Gasteiger partial charge in [-0.15, -0.1) is 0 Å². The van der Waals surface area contributed by atoms with Crippen LogP contribution in [0.1, 0.15) is 47.9 Å². The van der Waals surface area contributed by atoms with Crippen LogP contribution in [0.15, 0.2) is 353 Å². The summed E-state index contributed by atoms with van der Waals surface area (Å²) in [6, 6.07) is 108. The molecular weight excluding hydrogens is 1490 g/mol. The van der Waals surface area contributed by atoms with Crippen LogP contribution in [0.25, 0.3) is 65.4 Å². The Morgan fingerprint density at radius 3 is 0.644 bits per heavy atom. The summed E-state index contributed by atoms with van der Waals surface area (Å²) >= 11 is -5.38. The van der Waals surface area contributed by atoms with E-state index in [9.17, 15) is 0 Å². The van der Waals surface area contributed by atoms with Gasteiger partial charge in [-0.2, -0.15) is 0 Å². The van der Waals surface area contributed by atoms with Gasteiger partial charge in [0.25, 0.3) is 0 Å². The van der Waals surface area contributed by atoms with E-state index in [4.69, 9.17) is 0 Å². The smallest absolute Gasteiger partial charge is 1.00 e. The molecule has 0 N–H and O–H groups in total. The molecule has 0 bridgehead atoms. The Hall–Kier alpha value is -7.65. The van der Waals surface area contributed by atoms with Crippen molar-refractivity contribution in [1.82, 2.24) is 0 Å². The van der Waals surface area contributed by atoms with Gasteiger partial charge in [0.2, 0.25) is 0 Å². The fourth-order valence-corrected chi connectivity index (χ4v) is 69.9. The predicted octanol–water partition coefficient (Wildman–Crippen LogP) is 12.9.